The average molecular weight is 486 g/mol. The quantitative estimate of drug-likeness (QED) is 0.306. The van der Waals surface area contributed by atoms with Gasteiger partial charge in [0, 0.05) is 22.5 Å². The molecule has 1 aromatic heterocycles. The molecule has 2 heterocycles. The molecule has 0 saturated heterocycles. The van der Waals surface area contributed by atoms with Crippen molar-refractivity contribution in [2.45, 2.75) is 24.3 Å². The van der Waals surface area contributed by atoms with Gasteiger partial charge < -0.3 is 10.3 Å². The van der Waals surface area contributed by atoms with E-state index >= 15 is 0 Å². The summed E-state index contributed by atoms with van der Waals surface area (Å²) in [6, 6.07) is 17.4. The highest BCUT2D eigenvalue weighted by molar-refractivity contribution is 8.00. The summed E-state index contributed by atoms with van der Waals surface area (Å²) in [6.07, 6.45) is 0.420. The maximum atomic E-state index is 13.6. The molecule has 0 spiro atoms. The number of nitrogens with one attached hydrogen (secondary N) is 2. The number of aromatic nitrogens is 1. The molecule has 1 aliphatic rings. The maximum absolute atomic E-state index is 13.6. The number of aromatic amines is 1. The molecule has 0 bridgehead atoms. The van der Waals surface area contributed by atoms with Gasteiger partial charge in [-0.1, -0.05) is 35.3 Å². The number of halogens is 3. The summed E-state index contributed by atoms with van der Waals surface area (Å²) in [5, 5.41) is 4.86. The lowest BCUT2D eigenvalue weighted by molar-refractivity contribution is -0.117. The number of rotatable bonds is 4. The van der Waals surface area contributed by atoms with E-state index < -0.39 is 6.04 Å². The number of aryl methyl sites for hydroxylation is 1. The SMILES string of the molecule is Cc1cc(Cl)c(Cl)cc1SN1c2ccccc2NC(=O)C1Cc1cc2ccc(F)cc2[nH]1. The summed E-state index contributed by atoms with van der Waals surface area (Å²) >= 11 is 13.9. The number of hydrogen-bond acceptors (Lipinski definition) is 3. The van der Waals surface area contributed by atoms with Crippen LogP contribution in [0, 0.1) is 12.7 Å². The smallest absolute Gasteiger partial charge is 0.248 e. The molecule has 2 N–H and O–H groups in total. The Hall–Kier alpha value is -2.67. The van der Waals surface area contributed by atoms with E-state index in [9.17, 15) is 9.18 Å². The first-order valence-corrected chi connectivity index (χ1v) is 11.5. The predicted molar refractivity (Wildman–Crippen MR) is 130 cm³/mol. The fraction of sp³-hybridized carbons (Fsp3) is 0.125. The summed E-state index contributed by atoms with van der Waals surface area (Å²) in [5.41, 5.74) is 4.16. The fourth-order valence-electron chi connectivity index (χ4n) is 3.86. The van der Waals surface area contributed by atoms with E-state index in [4.69, 9.17) is 23.2 Å². The Labute approximate surface area is 198 Å². The number of anilines is 2. The monoisotopic (exact) mass is 485 g/mol. The lowest BCUT2D eigenvalue weighted by atomic mass is 10.1. The molecule has 1 amide bonds. The first kappa shape index (κ1) is 21.2. The number of carbonyl (C=O) groups excluding carboxylic acids is 1. The molecule has 0 saturated carbocycles. The number of benzene rings is 3. The lowest BCUT2D eigenvalue weighted by Gasteiger charge is -2.37. The van der Waals surface area contributed by atoms with Crippen molar-refractivity contribution in [3.8, 4) is 0 Å². The minimum Gasteiger partial charge on any atom is -0.358 e. The van der Waals surface area contributed by atoms with Crippen LogP contribution >= 0.6 is 35.1 Å². The van der Waals surface area contributed by atoms with Crippen molar-refractivity contribution in [3.63, 3.8) is 0 Å². The minimum atomic E-state index is -0.498. The third kappa shape index (κ3) is 3.94. The van der Waals surface area contributed by atoms with E-state index in [0.29, 0.717) is 22.0 Å². The summed E-state index contributed by atoms with van der Waals surface area (Å²) in [7, 11) is 0. The number of amides is 1. The van der Waals surface area contributed by atoms with E-state index in [1.54, 1.807) is 6.07 Å². The van der Waals surface area contributed by atoms with Crippen LogP contribution in [0.2, 0.25) is 10.0 Å². The van der Waals surface area contributed by atoms with Gasteiger partial charge in [-0.05, 0) is 78.4 Å². The summed E-state index contributed by atoms with van der Waals surface area (Å²) in [5.74, 6) is -0.415. The van der Waals surface area contributed by atoms with Gasteiger partial charge in [-0.2, -0.15) is 0 Å². The molecule has 4 aromatic rings. The molecular formula is C24H18Cl2FN3OS. The minimum absolute atomic E-state index is 0.112. The van der Waals surface area contributed by atoms with Crippen LogP contribution in [0.15, 0.2) is 65.6 Å². The molecule has 1 aliphatic heterocycles. The molecule has 4 nitrogen and oxygen atoms in total. The van der Waals surface area contributed by atoms with Crippen LogP contribution in [-0.2, 0) is 11.2 Å². The van der Waals surface area contributed by atoms with E-state index in [1.807, 2.05) is 53.7 Å². The van der Waals surface area contributed by atoms with Gasteiger partial charge in [0.2, 0.25) is 5.91 Å². The Balaban J connectivity index is 1.54. The number of hydrogen-bond donors (Lipinski definition) is 2. The van der Waals surface area contributed by atoms with E-state index in [-0.39, 0.29) is 11.7 Å². The molecule has 0 fully saturated rings. The maximum Gasteiger partial charge on any atom is 0.248 e. The Morgan fingerprint density at radius 3 is 2.69 bits per heavy atom. The normalized spacial score (nSPS) is 15.7. The van der Waals surface area contributed by atoms with Crippen LogP contribution in [0.4, 0.5) is 15.8 Å². The van der Waals surface area contributed by atoms with Gasteiger partial charge in [0.1, 0.15) is 11.9 Å². The zero-order valence-electron chi connectivity index (χ0n) is 17.0. The zero-order valence-corrected chi connectivity index (χ0v) is 19.3. The third-order valence-electron chi connectivity index (χ3n) is 5.45. The largest absolute Gasteiger partial charge is 0.358 e. The van der Waals surface area contributed by atoms with Crippen molar-refractivity contribution in [2.75, 3.05) is 9.62 Å². The van der Waals surface area contributed by atoms with Gasteiger partial charge in [-0.25, -0.2) is 4.39 Å². The average Bonchev–Trinajstić information content (AvgIpc) is 3.15. The van der Waals surface area contributed by atoms with E-state index in [1.165, 1.54) is 24.1 Å². The predicted octanol–water partition coefficient (Wildman–Crippen LogP) is 7.00. The van der Waals surface area contributed by atoms with Crippen molar-refractivity contribution >= 4 is 63.3 Å². The first-order chi connectivity index (χ1) is 15.4. The van der Waals surface area contributed by atoms with Crippen molar-refractivity contribution in [2.24, 2.45) is 0 Å². The third-order valence-corrected chi connectivity index (χ3v) is 7.46. The zero-order chi connectivity index (χ0) is 22.4. The highest BCUT2D eigenvalue weighted by atomic mass is 35.5. The van der Waals surface area contributed by atoms with Crippen molar-refractivity contribution in [3.05, 3.63) is 87.8 Å². The summed E-state index contributed by atoms with van der Waals surface area (Å²) < 4.78 is 15.6. The van der Waals surface area contributed by atoms with Gasteiger partial charge >= 0.3 is 0 Å². The molecule has 1 atom stereocenters. The topological polar surface area (TPSA) is 48.1 Å². The first-order valence-electron chi connectivity index (χ1n) is 9.99. The van der Waals surface area contributed by atoms with Crippen LogP contribution in [0.1, 0.15) is 11.3 Å². The molecule has 32 heavy (non-hydrogen) atoms. The second kappa shape index (κ2) is 8.35. The fourth-order valence-corrected chi connectivity index (χ4v) is 5.45. The second-order valence-electron chi connectivity index (χ2n) is 7.70. The Morgan fingerprint density at radius 1 is 1.06 bits per heavy atom. The van der Waals surface area contributed by atoms with Crippen LogP contribution in [-0.4, -0.2) is 16.9 Å². The summed E-state index contributed by atoms with van der Waals surface area (Å²) in [4.78, 5) is 17.3. The number of carbonyl (C=O) groups is 1. The number of para-hydroxylation sites is 2. The van der Waals surface area contributed by atoms with Crippen molar-refractivity contribution in [1.82, 2.24) is 4.98 Å². The lowest BCUT2D eigenvalue weighted by Crippen LogP contribution is -2.46. The van der Waals surface area contributed by atoms with Gasteiger partial charge in [-0.15, -0.1) is 0 Å². The Bertz CT molecular complexity index is 1360. The van der Waals surface area contributed by atoms with Gasteiger partial charge in [-0.3, -0.25) is 9.10 Å². The van der Waals surface area contributed by atoms with E-state index in [0.717, 1.165) is 32.9 Å². The number of fused-ring (bicyclic) bond motifs is 2. The van der Waals surface area contributed by atoms with Gasteiger partial charge in [0.25, 0.3) is 0 Å². The molecule has 0 radical (unpaired) electrons. The molecular weight excluding hydrogens is 468 g/mol. The Morgan fingerprint density at radius 2 is 1.84 bits per heavy atom. The molecule has 1 unspecified atom stereocenters. The highest BCUT2D eigenvalue weighted by Crippen LogP contribution is 2.42. The number of H-pyrrole nitrogens is 1. The number of nitrogens with zero attached hydrogens (tertiary/aromatic N) is 1. The van der Waals surface area contributed by atoms with Gasteiger partial charge in [0.05, 0.1) is 21.4 Å². The Kier molecular flexibility index (Phi) is 5.53. The van der Waals surface area contributed by atoms with Crippen molar-refractivity contribution in [1.29, 1.82) is 0 Å². The van der Waals surface area contributed by atoms with Gasteiger partial charge in [0.15, 0.2) is 0 Å². The van der Waals surface area contributed by atoms with Crippen LogP contribution in [0.5, 0.6) is 0 Å². The van der Waals surface area contributed by atoms with Crippen molar-refractivity contribution < 1.29 is 9.18 Å². The molecule has 0 aliphatic carbocycles. The van der Waals surface area contributed by atoms with E-state index in [2.05, 4.69) is 10.3 Å². The summed E-state index contributed by atoms with van der Waals surface area (Å²) in [6.45, 7) is 1.96. The van der Waals surface area contributed by atoms with Crippen LogP contribution in [0.25, 0.3) is 10.9 Å². The molecule has 8 heteroatoms. The second-order valence-corrected chi connectivity index (χ2v) is 9.53. The molecule has 3 aromatic carbocycles. The highest BCUT2D eigenvalue weighted by Gasteiger charge is 2.34. The van der Waals surface area contributed by atoms with Crippen LogP contribution in [0.3, 0.4) is 0 Å². The molecule has 5 rings (SSSR count). The standard InChI is InChI=1S/C24H18Cl2FN3OS/c1-13-8-17(25)18(26)12-23(13)32-30-21-5-3-2-4-19(21)29-24(31)22(30)11-16-9-14-6-7-15(27)10-20(14)28-16/h2-10,12,22,28H,11H2,1H3,(H,29,31). The molecule has 162 valence electrons. The van der Waals surface area contributed by atoms with Crippen LogP contribution < -0.4 is 9.62 Å².